The molecule has 0 bridgehead atoms. The van der Waals surface area contributed by atoms with Gasteiger partial charge in [0.2, 0.25) is 11.8 Å². The third-order valence-electron chi connectivity index (χ3n) is 7.44. The van der Waals surface area contributed by atoms with Crippen molar-refractivity contribution in [1.29, 1.82) is 0 Å². The second-order valence-electron chi connectivity index (χ2n) is 10.5. The van der Waals surface area contributed by atoms with Crippen LogP contribution in [0.15, 0.2) is 78.9 Å². The summed E-state index contributed by atoms with van der Waals surface area (Å²) in [5, 5.41) is 3.32. The van der Waals surface area contributed by atoms with Gasteiger partial charge in [-0.3, -0.25) is 9.59 Å². The van der Waals surface area contributed by atoms with Crippen molar-refractivity contribution in [1.82, 2.24) is 10.2 Å². The molecule has 1 aliphatic carbocycles. The Bertz CT molecular complexity index is 1130. The monoisotopic (exact) mass is 496 g/mol. The lowest BCUT2D eigenvalue weighted by atomic mass is 9.94. The molecule has 0 aromatic heterocycles. The minimum absolute atomic E-state index is 0.0147. The zero-order chi connectivity index (χ0) is 26.0. The molecule has 4 heteroatoms. The molecule has 3 aromatic rings. The molecule has 2 amide bonds. The van der Waals surface area contributed by atoms with Crippen LogP contribution in [0.5, 0.6) is 0 Å². The summed E-state index contributed by atoms with van der Waals surface area (Å²) < 4.78 is 0. The van der Waals surface area contributed by atoms with Gasteiger partial charge in [-0.05, 0) is 49.8 Å². The van der Waals surface area contributed by atoms with Crippen LogP contribution >= 0.6 is 0 Å². The van der Waals surface area contributed by atoms with E-state index in [1.54, 1.807) is 0 Å². The van der Waals surface area contributed by atoms with E-state index in [-0.39, 0.29) is 17.9 Å². The predicted octanol–water partition coefficient (Wildman–Crippen LogP) is 6.33. The summed E-state index contributed by atoms with van der Waals surface area (Å²) in [7, 11) is 0. The van der Waals surface area contributed by atoms with Crippen molar-refractivity contribution in [3.8, 4) is 0 Å². The lowest BCUT2D eigenvalue weighted by Crippen LogP contribution is -2.52. The average Bonchev–Trinajstić information content (AvgIpc) is 2.92. The van der Waals surface area contributed by atoms with Crippen LogP contribution in [0, 0.1) is 13.8 Å². The lowest BCUT2D eigenvalue weighted by molar-refractivity contribution is -0.141. The van der Waals surface area contributed by atoms with Crippen LogP contribution in [0.2, 0.25) is 0 Å². The summed E-state index contributed by atoms with van der Waals surface area (Å²) in [5.41, 5.74) is 5.63. The Hall–Kier alpha value is -3.40. The highest BCUT2D eigenvalue weighted by atomic mass is 16.2. The maximum Gasteiger partial charge on any atom is 0.243 e. The smallest absolute Gasteiger partial charge is 0.243 e. The highest BCUT2D eigenvalue weighted by Crippen LogP contribution is 2.21. The van der Waals surface area contributed by atoms with E-state index >= 15 is 0 Å². The number of amides is 2. The molecule has 1 atom stereocenters. The number of hydrogen-bond donors (Lipinski definition) is 1. The molecular weight excluding hydrogens is 456 g/mol. The molecule has 194 valence electrons. The summed E-state index contributed by atoms with van der Waals surface area (Å²) in [5.74, 6) is -0.0209. The van der Waals surface area contributed by atoms with Crippen molar-refractivity contribution in [2.75, 3.05) is 0 Å². The van der Waals surface area contributed by atoms with Crippen LogP contribution in [-0.2, 0) is 29.0 Å². The molecule has 1 saturated carbocycles. The Morgan fingerprint density at radius 2 is 1.38 bits per heavy atom. The van der Waals surface area contributed by atoms with E-state index in [9.17, 15) is 9.59 Å². The zero-order valence-corrected chi connectivity index (χ0v) is 22.3. The number of hydrogen-bond acceptors (Lipinski definition) is 2. The molecule has 0 radical (unpaired) electrons. The normalized spacial score (nSPS) is 14.6. The van der Waals surface area contributed by atoms with Crippen molar-refractivity contribution in [3.05, 3.63) is 107 Å². The SMILES string of the molecule is Cc1ccc(CCC(=O)N(Cc2ccc(C)cc2)[C@@H](Cc2ccccc2)C(=O)NC2CCCCC2)cc1. The Morgan fingerprint density at radius 3 is 2.00 bits per heavy atom. The van der Waals surface area contributed by atoms with Crippen LogP contribution in [0.1, 0.15) is 66.3 Å². The van der Waals surface area contributed by atoms with Crippen molar-refractivity contribution < 1.29 is 9.59 Å². The Morgan fingerprint density at radius 1 is 0.784 bits per heavy atom. The summed E-state index contributed by atoms with van der Waals surface area (Å²) in [6.45, 7) is 4.55. The summed E-state index contributed by atoms with van der Waals surface area (Å²) in [6.07, 6.45) is 7.10. The van der Waals surface area contributed by atoms with E-state index in [2.05, 4.69) is 67.7 Å². The van der Waals surface area contributed by atoms with Gasteiger partial charge in [-0.25, -0.2) is 0 Å². The fourth-order valence-electron chi connectivity index (χ4n) is 5.14. The van der Waals surface area contributed by atoms with Gasteiger partial charge in [-0.2, -0.15) is 0 Å². The van der Waals surface area contributed by atoms with E-state index in [0.717, 1.165) is 42.4 Å². The van der Waals surface area contributed by atoms with Crippen LogP contribution in [0.25, 0.3) is 0 Å². The second-order valence-corrected chi connectivity index (χ2v) is 10.5. The maximum atomic E-state index is 13.8. The molecule has 0 aliphatic heterocycles. The molecule has 1 fully saturated rings. The highest BCUT2D eigenvalue weighted by molar-refractivity contribution is 5.88. The van der Waals surface area contributed by atoms with Gasteiger partial charge in [-0.15, -0.1) is 0 Å². The molecular formula is C33H40N2O2. The Balaban J connectivity index is 1.59. The quantitative estimate of drug-likeness (QED) is 0.357. The zero-order valence-electron chi connectivity index (χ0n) is 22.3. The number of nitrogens with one attached hydrogen (secondary N) is 1. The Labute approximate surface area is 222 Å². The minimum Gasteiger partial charge on any atom is -0.352 e. The van der Waals surface area contributed by atoms with Gasteiger partial charge < -0.3 is 10.2 Å². The van der Waals surface area contributed by atoms with Crippen LogP contribution in [0.3, 0.4) is 0 Å². The molecule has 3 aromatic carbocycles. The predicted molar refractivity (Wildman–Crippen MR) is 150 cm³/mol. The van der Waals surface area contributed by atoms with E-state index in [1.165, 1.54) is 17.5 Å². The topological polar surface area (TPSA) is 49.4 Å². The van der Waals surface area contributed by atoms with E-state index in [4.69, 9.17) is 0 Å². The van der Waals surface area contributed by atoms with E-state index in [0.29, 0.717) is 25.8 Å². The van der Waals surface area contributed by atoms with Gasteiger partial charge in [0, 0.05) is 25.4 Å². The van der Waals surface area contributed by atoms with Crippen molar-refractivity contribution in [2.24, 2.45) is 0 Å². The number of carbonyl (C=O) groups is 2. The number of rotatable bonds is 10. The third-order valence-corrected chi connectivity index (χ3v) is 7.44. The molecule has 0 saturated heterocycles. The second kappa shape index (κ2) is 13.2. The Kier molecular flexibility index (Phi) is 9.53. The molecule has 37 heavy (non-hydrogen) atoms. The maximum absolute atomic E-state index is 13.8. The first kappa shape index (κ1) is 26.7. The number of nitrogens with zero attached hydrogens (tertiary/aromatic N) is 1. The van der Waals surface area contributed by atoms with E-state index in [1.807, 2.05) is 35.2 Å². The fraction of sp³-hybridized carbons (Fsp3) is 0.394. The van der Waals surface area contributed by atoms with Gasteiger partial charge >= 0.3 is 0 Å². The minimum atomic E-state index is -0.559. The molecule has 0 heterocycles. The summed E-state index contributed by atoms with van der Waals surface area (Å²) in [4.78, 5) is 29.5. The first-order valence-electron chi connectivity index (χ1n) is 13.7. The molecule has 0 unspecified atom stereocenters. The van der Waals surface area contributed by atoms with Gasteiger partial charge in [0.25, 0.3) is 0 Å². The third kappa shape index (κ3) is 8.04. The molecule has 1 aliphatic rings. The fourth-order valence-corrected chi connectivity index (χ4v) is 5.14. The first-order valence-corrected chi connectivity index (χ1v) is 13.7. The van der Waals surface area contributed by atoms with Gasteiger partial charge in [-0.1, -0.05) is 109 Å². The highest BCUT2D eigenvalue weighted by Gasteiger charge is 2.31. The van der Waals surface area contributed by atoms with Crippen LogP contribution in [-0.4, -0.2) is 28.8 Å². The largest absolute Gasteiger partial charge is 0.352 e. The average molecular weight is 497 g/mol. The summed E-state index contributed by atoms with van der Waals surface area (Å²) in [6, 6.07) is 26.3. The summed E-state index contributed by atoms with van der Waals surface area (Å²) >= 11 is 0. The van der Waals surface area contributed by atoms with Crippen LogP contribution in [0.4, 0.5) is 0 Å². The van der Waals surface area contributed by atoms with Gasteiger partial charge in [0.15, 0.2) is 0 Å². The molecule has 4 nitrogen and oxygen atoms in total. The van der Waals surface area contributed by atoms with Crippen molar-refractivity contribution in [2.45, 2.75) is 83.8 Å². The molecule has 4 rings (SSSR count). The lowest BCUT2D eigenvalue weighted by Gasteiger charge is -2.33. The van der Waals surface area contributed by atoms with Crippen LogP contribution < -0.4 is 5.32 Å². The first-order chi connectivity index (χ1) is 18.0. The standard InChI is InChI=1S/C33H40N2O2/c1-25-13-17-27(18-14-25)21-22-32(36)35(24-29-19-15-26(2)16-20-29)31(23-28-9-5-3-6-10-28)33(37)34-30-11-7-4-8-12-30/h3,5-6,9-10,13-20,30-31H,4,7-8,11-12,21-24H2,1-2H3,(H,34,37)/t31-/m0/s1. The number of aryl methyl sites for hydroxylation is 3. The molecule has 1 N–H and O–H groups in total. The molecule has 0 spiro atoms. The van der Waals surface area contributed by atoms with Crippen molar-refractivity contribution in [3.63, 3.8) is 0 Å². The van der Waals surface area contributed by atoms with Gasteiger partial charge in [0.05, 0.1) is 0 Å². The van der Waals surface area contributed by atoms with Crippen molar-refractivity contribution >= 4 is 11.8 Å². The van der Waals surface area contributed by atoms with Gasteiger partial charge in [0.1, 0.15) is 6.04 Å². The number of benzene rings is 3. The van der Waals surface area contributed by atoms with E-state index < -0.39 is 6.04 Å². The number of carbonyl (C=O) groups excluding carboxylic acids is 2.